The SMILES string of the molecule is COCC1CC2(CCN(C(=O)c3ccccc3F)CC2)CN1C(C)C.O=C(O)C(F)(F)F. The first-order valence-electron chi connectivity index (χ1n) is 10.5. The van der Waals surface area contributed by atoms with Crippen molar-refractivity contribution in [2.24, 2.45) is 5.41 Å². The van der Waals surface area contributed by atoms with Gasteiger partial charge in [0, 0.05) is 38.8 Å². The van der Waals surface area contributed by atoms with E-state index in [1.807, 2.05) is 4.90 Å². The number of ether oxygens (including phenoxy) is 1. The van der Waals surface area contributed by atoms with Crippen molar-refractivity contribution in [3.63, 3.8) is 0 Å². The molecule has 2 aliphatic rings. The predicted molar refractivity (Wildman–Crippen MR) is 110 cm³/mol. The maximum atomic E-state index is 13.9. The smallest absolute Gasteiger partial charge is 0.475 e. The van der Waals surface area contributed by atoms with E-state index < -0.39 is 18.0 Å². The van der Waals surface area contributed by atoms with Crippen LogP contribution >= 0.6 is 0 Å². The van der Waals surface area contributed by atoms with Crippen molar-refractivity contribution >= 4 is 11.9 Å². The summed E-state index contributed by atoms with van der Waals surface area (Å²) in [4.78, 5) is 25.9. The zero-order valence-electron chi connectivity index (χ0n) is 18.5. The molecule has 2 aliphatic heterocycles. The molecule has 1 unspecified atom stereocenters. The maximum absolute atomic E-state index is 13.9. The third kappa shape index (κ3) is 6.41. The van der Waals surface area contributed by atoms with Crippen molar-refractivity contribution in [3.05, 3.63) is 35.6 Å². The summed E-state index contributed by atoms with van der Waals surface area (Å²) in [6, 6.07) is 7.22. The lowest BCUT2D eigenvalue weighted by Crippen LogP contribution is -2.45. The van der Waals surface area contributed by atoms with Gasteiger partial charge in [-0.2, -0.15) is 13.2 Å². The highest BCUT2D eigenvalue weighted by molar-refractivity contribution is 5.94. The Morgan fingerprint density at radius 2 is 1.78 bits per heavy atom. The van der Waals surface area contributed by atoms with Gasteiger partial charge in [-0.3, -0.25) is 9.69 Å². The van der Waals surface area contributed by atoms with Crippen LogP contribution in [0.25, 0.3) is 0 Å². The first-order chi connectivity index (χ1) is 14.9. The highest BCUT2D eigenvalue weighted by Gasteiger charge is 2.46. The van der Waals surface area contributed by atoms with Gasteiger partial charge in [-0.1, -0.05) is 12.1 Å². The Balaban J connectivity index is 0.000000451. The number of rotatable bonds is 4. The average molecular weight is 462 g/mol. The number of amides is 1. The van der Waals surface area contributed by atoms with E-state index in [0.29, 0.717) is 25.2 Å². The molecule has 0 aliphatic carbocycles. The molecule has 32 heavy (non-hydrogen) atoms. The van der Waals surface area contributed by atoms with Crippen LogP contribution in [0.1, 0.15) is 43.5 Å². The average Bonchev–Trinajstić information content (AvgIpc) is 3.06. The van der Waals surface area contributed by atoms with E-state index in [0.717, 1.165) is 32.4 Å². The fraction of sp³-hybridized carbons (Fsp3) is 0.636. The summed E-state index contributed by atoms with van der Waals surface area (Å²) in [5.74, 6) is -3.37. The molecular weight excluding hydrogens is 432 g/mol. The van der Waals surface area contributed by atoms with Crippen LogP contribution < -0.4 is 0 Å². The second-order valence-electron chi connectivity index (χ2n) is 8.65. The number of hydrogen-bond acceptors (Lipinski definition) is 4. The number of carboxylic acid groups (broad SMARTS) is 1. The van der Waals surface area contributed by atoms with E-state index in [1.165, 1.54) is 6.07 Å². The Bertz CT molecular complexity index is 792. The van der Waals surface area contributed by atoms with Crippen molar-refractivity contribution < 1.29 is 37.0 Å². The van der Waals surface area contributed by atoms with E-state index in [-0.39, 0.29) is 16.9 Å². The molecule has 0 saturated carbocycles. The summed E-state index contributed by atoms with van der Waals surface area (Å²) in [6.45, 7) is 7.72. The fourth-order valence-electron chi connectivity index (χ4n) is 4.50. The van der Waals surface area contributed by atoms with Gasteiger partial charge in [-0.25, -0.2) is 9.18 Å². The largest absolute Gasteiger partial charge is 0.490 e. The Hall–Kier alpha value is -2.20. The number of halogens is 4. The van der Waals surface area contributed by atoms with Gasteiger partial charge in [-0.15, -0.1) is 0 Å². The van der Waals surface area contributed by atoms with Gasteiger partial charge in [0.05, 0.1) is 12.2 Å². The van der Waals surface area contributed by atoms with Crippen LogP contribution in [0.5, 0.6) is 0 Å². The minimum atomic E-state index is -5.08. The molecule has 0 aromatic heterocycles. The Labute approximate surface area is 185 Å². The quantitative estimate of drug-likeness (QED) is 0.690. The summed E-state index contributed by atoms with van der Waals surface area (Å²) < 4.78 is 51.1. The second-order valence-corrected chi connectivity index (χ2v) is 8.65. The molecule has 2 heterocycles. The van der Waals surface area contributed by atoms with E-state index in [2.05, 4.69) is 18.7 Å². The second kappa shape index (κ2) is 10.6. The number of aliphatic carboxylic acids is 1. The molecule has 2 saturated heterocycles. The molecule has 2 fully saturated rings. The van der Waals surface area contributed by atoms with Crippen LogP contribution in [0, 0.1) is 11.2 Å². The predicted octanol–water partition coefficient (Wildman–Crippen LogP) is 3.81. The van der Waals surface area contributed by atoms with Gasteiger partial charge >= 0.3 is 12.1 Å². The third-order valence-corrected chi connectivity index (χ3v) is 6.14. The number of benzene rings is 1. The lowest BCUT2D eigenvalue weighted by molar-refractivity contribution is -0.192. The molecule has 0 radical (unpaired) electrons. The van der Waals surface area contributed by atoms with Crippen molar-refractivity contribution in [2.75, 3.05) is 33.4 Å². The van der Waals surface area contributed by atoms with Crippen molar-refractivity contribution in [1.82, 2.24) is 9.80 Å². The summed E-state index contributed by atoms with van der Waals surface area (Å²) >= 11 is 0. The van der Waals surface area contributed by atoms with E-state index in [1.54, 1.807) is 25.3 Å². The topological polar surface area (TPSA) is 70.1 Å². The summed E-state index contributed by atoms with van der Waals surface area (Å²) in [7, 11) is 1.76. The number of carbonyl (C=O) groups excluding carboxylic acids is 1. The molecule has 3 rings (SSSR count). The summed E-state index contributed by atoms with van der Waals surface area (Å²) in [5, 5.41) is 7.12. The number of carbonyl (C=O) groups is 2. The molecule has 0 bridgehead atoms. The highest BCUT2D eigenvalue weighted by atomic mass is 19.4. The highest BCUT2D eigenvalue weighted by Crippen LogP contribution is 2.44. The molecular formula is C22H30F4N2O4. The van der Waals surface area contributed by atoms with E-state index in [9.17, 15) is 22.4 Å². The van der Waals surface area contributed by atoms with Gasteiger partial charge in [0.2, 0.25) is 0 Å². The van der Waals surface area contributed by atoms with Crippen LogP contribution in [-0.2, 0) is 9.53 Å². The number of piperidine rings is 1. The lowest BCUT2D eigenvalue weighted by atomic mass is 9.76. The Kier molecular flexibility index (Phi) is 8.64. The Morgan fingerprint density at radius 3 is 2.25 bits per heavy atom. The van der Waals surface area contributed by atoms with Crippen LogP contribution in [0.2, 0.25) is 0 Å². The van der Waals surface area contributed by atoms with Crippen molar-refractivity contribution in [3.8, 4) is 0 Å². The fourth-order valence-corrected chi connectivity index (χ4v) is 4.50. The van der Waals surface area contributed by atoms with Gasteiger partial charge in [0.1, 0.15) is 5.82 Å². The normalized spacial score (nSPS) is 20.9. The van der Waals surface area contributed by atoms with Crippen molar-refractivity contribution in [1.29, 1.82) is 0 Å². The van der Waals surface area contributed by atoms with Gasteiger partial charge in [-0.05, 0) is 50.7 Å². The zero-order valence-corrected chi connectivity index (χ0v) is 18.5. The number of methoxy groups -OCH3 is 1. The van der Waals surface area contributed by atoms with Gasteiger partial charge < -0.3 is 14.7 Å². The van der Waals surface area contributed by atoms with E-state index in [4.69, 9.17) is 14.6 Å². The number of hydrogen-bond donors (Lipinski definition) is 1. The molecule has 6 nitrogen and oxygen atoms in total. The number of likely N-dealkylation sites (tertiary alicyclic amines) is 2. The molecule has 1 amide bonds. The number of nitrogens with zero attached hydrogens (tertiary/aromatic N) is 2. The minimum absolute atomic E-state index is 0.180. The number of alkyl halides is 3. The molecule has 10 heteroatoms. The standard InChI is InChI=1S/C20H29FN2O2.C2HF3O2/c1-15(2)23-14-20(12-16(23)13-25-3)8-10-22(11-9-20)19(24)17-6-4-5-7-18(17)21;3-2(4,5)1(6)7/h4-7,15-16H,8-14H2,1-3H3;(H,6,7). The van der Waals surface area contributed by atoms with Gasteiger partial charge in [0.15, 0.2) is 0 Å². The molecule has 1 atom stereocenters. The monoisotopic (exact) mass is 462 g/mol. The molecule has 180 valence electrons. The Morgan fingerprint density at radius 1 is 1.22 bits per heavy atom. The summed E-state index contributed by atoms with van der Waals surface area (Å²) in [5.41, 5.74) is 0.449. The van der Waals surface area contributed by atoms with Crippen LogP contribution in [0.3, 0.4) is 0 Å². The van der Waals surface area contributed by atoms with Crippen LogP contribution in [0.4, 0.5) is 17.6 Å². The van der Waals surface area contributed by atoms with Crippen LogP contribution in [0.15, 0.2) is 24.3 Å². The lowest BCUT2D eigenvalue weighted by Gasteiger charge is -2.39. The number of carboxylic acids is 1. The molecule has 1 N–H and O–H groups in total. The first kappa shape index (κ1) is 26.1. The van der Waals surface area contributed by atoms with Crippen LogP contribution in [-0.4, -0.2) is 78.4 Å². The molecule has 1 spiro atoms. The summed E-state index contributed by atoms with van der Waals surface area (Å²) in [6.07, 6.45) is -1.99. The minimum Gasteiger partial charge on any atom is -0.475 e. The zero-order chi connectivity index (χ0) is 24.1. The maximum Gasteiger partial charge on any atom is 0.490 e. The third-order valence-electron chi connectivity index (χ3n) is 6.14. The van der Waals surface area contributed by atoms with E-state index >= 15 is 0 Å². The molecule has 1 aromatic rings. The van der Waals surface area contributed by atoms with Gasteiger partial charge in [0.25, 0.3) is 5.91 Å². The molecule has 1 aromatic carbocycles. The van der Waals surface area contributed by atoms with Crippen molar-refractivity contribution in [2.45, 2.75) is 51.4 Å². The first-order valence-corrected chi connectivity index (χ1v) is 10.5.